The van der Waals surface area contributed by atoms with Gasteiger partial charge in [-0.15, -0.1) is 0 Å². The first-order chi connectivity index (χ1) is 17.4. The number of nitrogens with one attached hydrogen (secondary N) is 2. The van der Waals surface area contributed by atoms with E-state index in [9.17, 15) is 14.0 Å². The van der Waals surface area contributed by atoms with Crippen molar-refractivity contribution in [3.63, 3.8) is 0 Å². The SMILES string of the molecule is CCN1Cc2cccc(C(=O)N[C@@H](CCCCC(=N)CF)c3nc4cc(OC)ccc4n3C)c2C1=O. The minimum Gasteiger partial charge on any atom is -0.497 e. The molecule has 0 bridgehead atoms. The maximum atomic E-state index is 13.5. The van der Waals surface area contributed by atoms with Gasteiger partial charge < -0.3 is 24.9 Å². The Labute approximate surface area is 210 Å². The van der Waals surface area contributed by atoms with Crippen LogP contribution in [0.2, 0.25) is 0 Å². The number of unbranched alkanes of at least 4 members (excludes halogenated alkanes) is 1. The monoisotopic (exact) mass is 493 g/mol. The molecule has 1 atom stereocenters. The summed E-state index contributed by atoms with van der Waals surface area (Å²) in [5.74, 6) is 0.913. The van der Waals surface area contributed by atoms with Crippen LogP contribution in [0.1, 0.15) is 70.8 Å². The topological polar surface area (TPSA) is 100 Å². The number of alkyl halides is 1. The number of aryl methyl sites for hydroxylation is 1. The summed E-state index contributed by atoms with van der Waals surface area (Å²) >= 11 is 0. The molecule has 0 aliphatic carbocycles. The van der Waals surface area contributed by atoms with Crippen molar-refractivity contribution in [3.8, 4) is 5.75 Å². The van der Waals surface area contributed by atoms with Crippen LogP contribution in [0.15, 0.2) is 36.4 Å². The molecule has 8 nitrogen and oxygen atoms in total. The molecule has 190 valence electrons. The minimum absolute atomic E-state index is 0.0734. The van der Waals surface area contributed by atoms with Crippen LogP contribution in [0.3, 0.4) is 0 Å². The Balaban J connectivity index is 1.63. The Hall–Kier alpha value is -3.75. The molecule has 1 aliphatic heterocycles. The molecule has 4 rings (SSSR count). The second-order valence-electron chi connectivity index (χ2n) is 9.05. The van der Waals surface area contributed by atoms with Crippen molar-refractivity contribution < 1.29 is 18.7 Å². The van der Waals surface area contributed by atoms with Gasteiger partial charge in [0.1, 0.15) is 18.2 Å². The van der Waals surface area contributed by atoms with Crippen LogP contribution in [0.25, 0.3) is 11.0 Å². The molecule has 0 saturated carbocycles. The van der Waals surface area contributed by atoms with Crippen LogP contribution in [0.4, 0.5) is 4.39 Å². The number of fused-ring (bicyclic) bond motifs is 2. The quantitative estimate of drug-likeness (QED) is 0.302. The van der Waals surface area contributed by atoms with Crippen LogP contribution in [-0.4, -0.2) is 52.3 Å². The highest BCUT2D eigenvalue weighted by Gasteiger charge is 2.32. The molecule has 1 aliphatic rings. The van der Waals surface area contributed by atoms with Gasteiger partial charge in [-0.2, -0.15) is 0 Å². The average Bonchev–Trinajstić information content (AvgIpc) is 3.41. The summed E-state index contributed by atoms with van der Waals surface area (Å²) in [4.78, 5) is 33.0. The number of ether oxygens (including phenoxy) is 1. The van der Waals surface area contributed by atoms with Crippen molar-refractivity contribution in [2.75, 3.05) is 20.3 Å². The largest absolute Gasteiger partial charge is 0.497 e. The first kappa shape index (κ1) is 25.3. The molecule has 2 N–H and O–H groups in total. The molecule has 36 heavy (non-hydrogen) atoms. The molecule has 0 spiro atoms. The lowest BCUT2D eigenvalue weighted by Gasteiger charge is -2.20. The number of amides is 2. The van der Waals surface area contributed by atoms with Gasteiger partial charge in [0, 0.05) is 31.9 Å². The van der Waals surface area contributed by atoms with Gasteiger partial charge in [0.25, 0.3) is 11.8 Å². The van der Waals surface area contributed by atoms with Crippen LogP contribution >= 0.6 is 0 Å². The number of halogens is 1. The van der Waals surface area contributed by atoms with E-state index in [1.165, 1.54) is 0 Å². The highest BCUT2D eigenvalue weighted by Crippen LogP contribution is 2.29. The molecular weight excluding hydrogens is 461 g/mol. The number of hydrogen-bond donors (Lipinski definition) is 2. The van der Waals surface area contributed by atoms with Gasteiger partial charge in [-0.1, -0.05) is 18.6 Å². The molecule has 3 aromatic rings. The Kier molecular flexibility index (Phi) is 7.67. The number of carbonyl (C=O) groups excluding carboxylic acids is 2. The molecule has 0 radical (unpaired) electrons. The normalized spacial score (nSPS) is 13.7. The third kappa shape index (κ3) is 4.96. The predicted octanol–water partition coefficient (Wildman–Crippen LogP) is 4.58. The van der Waals surface area contributed by atoms with E-state index in [1.807, 2.05) is 42.8 Å². The molecule has 2 aromatic carbocycles. The molecular formula is C27H32FN5O3. The minimum atomic E-state index is -0.741. The summed E-state index contributed by atoms with van der Waals surface area (Å²) in [5, 5.41) is 10.7. The maximum absolute atomic E-state index is 13.5. The number of benzene rings is 2. The molecule has 2 heterocycles. The Bertz CT molecular complexity index is 1300. The third-order valence-electron chi connectivity index (χ3n) is 6.76. The van der Waals surface area contributed by atoms with Crippen LogP contribution < -0.4 is 10.1 Å². The Morgan fingerprint density at radius 1 is 1.28 bits per heavy atom. The second kappa shape index (κ2) is 10.9. The molecule has 2 amide bonds. The van der Waals surface area contributed by atoms with E-state index >= 15 is 0 Å². The maximum Gasteiger partial charge on any atom is 0.255 e. The lowest BCUT2D eigenvalue weighted by molar-refractivity contribution is 0.0780. The molecule has 9 heteroatoms. The van der Waals surface area contributed by atoms with E-state index in [4.69, 9.17) is 15.1 Å². The Morgan fingerprint density at radius 3 is 2.81 bits per heavy atom. The number of rotatable bonds is 11. The van der Waals surface area contributed by atoms with Gasteiger partial charge in [0.05, 0.1) is 35.3 Å². The smallest absolute Gasteiger partial charge is 0.255 e. The lowest BCUT2D eigenvalue weighted by atomic mass is 10.0. The fourth-order valence-electron chi connectivity index (χ4n) is 4.76. The van der Waals surface area contributed by atoms with Gasteiger partial charge in [-0.3, -0.25) is 9.59 Å². The molecule has 0 unspecified atom stereocenters. The number of imidazole rings is 1. The summed E-state index contributed by atoms with van der Waals surface area (Å²) in [6.45, 7) is 2.26. The Morgan fingerprint density at radius 2 is 2.08 bits per heavy atom. The number of methoxy groups -OCH3 is 1. The summed E-state index contributed by atoms with van der Waals surface area (Å²) < 4.78 is 20.0. The average molecular weight is 494 g/mol. The van der Waals surface area contributed by atoms with Gasteiger partial charge in [-0.05, 0) is 49.9 Å². The third-order valence-corrected chi connectivity index (χ3v) is 6.76. The van der Waals surface area contributed by atoms with Crippen LogP contribution in [0.5, 0.6) is 5.75 Å². The molecule has 1 aromatic heterocycles. The van der Waals surface area contributed by atoms with E-state index in [2.05, 4.69) is 5.32 Å². The predicted molar refractivity (Wildman–Crippen MR) is 136 cm³/mol. The van der Waals surface area contributed by atoms with Gasteiger partial charge >= 0.3 is 0 Å². The summed E-state index contributed by atoms with van der Waals surface area (Å²) in [5.41, 5.74) is 3.40. The van der Waals surface area contributed by atoms with Gasteiger partial charge in [-0.25, -0.2) is 9.37 Å². The van der Waals surface area contributed by atoms with Crippen molar-refractivity contribution >= 4 is 28.6 Å². The molecule has 0 saturated heterocycles. The van der Waals surface area contributed by atoms with Gasteiger partial charge in [0.2, 0.25) is 0 Å². The zero-order valence-corrected chi connectivity index (χ0v) is 20.9. The molecule has 0 fully saturated rings. The van der Waals surface area contributed by atoms with Crippen molar-refractivity contribution in [2.24, 2.45) is 7.05 Å². The summed E-state index contributed by atoms with van der Waals surface area (Å²) in [7, 11) is 3.50. The highest BCUT2D eigenvalue weighted by molar-refractivity contribution is 6.09. The van der Waals surface area contributed by atoms with Crippen molar-refractivity contribution in [2.45, 2.75) is 45.2 Å². The first-order valence-corrected chi connectivity index (χ1v) is 12.2. The standard InChI is InChI=1S/C27H32FN5O3/c1-4-33-16-17-8-7-10-20(24(17)27(33)35)26(34)31-21(11-6-5-9-18(29)15-28)25-30-22-14-19(36-3)12-13-23(22)32(25)2/h7-8,10,12-14,21,29H,4-6,9,11,15-16H2,1-3H3,(H,31,34)/t21-/m0/s1. The number of hydrogen-bond acceptors (Lipinski definition) is 5. The lowest BCUT2D eigenvalue weighted by Crippen LogP contribution is -2.32. The number of nitrogens with zero attached hydrogens (tertiary/aromatic N) is 3. The second-order valence-corrected chi connectivity index (χ2v) is 9.05. The van der Waals surface area contributed by atoms with E-state index < -0.39 is 12.7 Å². The zero-order chi connectivity index (χ0) is 25.8. The van der Waals surface area contributed by atoms with E-state index in [1.54, 1.807) is 24.1 Å². The van der Waals surface area contributed by atoms with E-state index in [0.717, 1.165) is 16.6 Å². The van der Waals surface area contributed by atoms with Crippen LogP contribution in [0, 0.1) is 5.41 Å². The zero-order valence-electron chi connectivity index (χ0n) is 20.9. The first-order valence-electron chi connectivity index (χ1n) is 12.2. The fraction of sp³-hybridized carbons (Fsp3) is 0.407. The van der Waals surface area contributed by atoms with Gasteiger partial charge in [0.15, 0.2) is 0 Å². The highest BCUT2D eigenvalue weighted by atomic mass is 19.1. The van der Waals surface area contributed by atoms with E-state index in [-0.39, 0.29) is 17.5 Å². The number of carbonyl (C=O) groups is 2. The van der Waals surface area contributed by atoms with Crippen molar-refractivity contribution in [3.05, 3.63) is 58.9 Å². The van der Waals surface area contributed by atoms with Crippen LogP contribution in [-0.2, 0) is 13.6 Å². The van der Waals surface area contributed by atoms with Crippen molar-refractivity contribution in [1.29, 1.82) is 5.41 Å². The van der Waals surface area contributed by atoms with E-state index in [0.29, 0.717) is 61.5 Å². The fourth-order valence-corrected chi connectivity index (χ4v) is 4.76. The van der Waals surface area contributed by atoms with Crippen molar-refractivity contribution in [1.82, 2.24) is 19.8 Å². The summed E-state index contributed by atoms with van der Waals surface area (Å²) in [6.07, 6.45) is 2.25. The summed E-state index contributed by atoms with van der Waals surface area (Å²) in [6, 6.07) is 10.6. The number of aromatic nitrogens is 2.